The van der Waals surface area contributed by atoms with E-state index in [1.165, 1.54) is 17.7 Å². The normalized spacial score (nSPS) is 15.2. The van der Waals surface area contributed by atoms with E-state index < -0.39 is 6.61 Å². The number of hydrogen-bond donors (Lipinski definition) is 1. The highest BCUT2D eigenvalue weighted by molar-refractivity contribution is 5.76. The van der Waals surface area contributed by atoms with Crippen molar-refractivity contribution < 1.29 is 18.3 Å². The van der Waals surface area contributed by atoms with Crippen molar-refractivity contribution in [1.29, 1.82) is 0 Å². The van der Waals surface area contributed by atoms with E-state index in [1.54, 1.807) is 12.1 Å². The fourth-order valence-corrected chi connectivity index (χ4v) is 3.77. The Hall–Kier alpha value is -2.51. The zero-order valence-electron chi connectivity index (χ0n) is 18.0. The highest BCUT2D eigenvalue weighted by Crippen LogP contribution is 2.16. The van der Waals surface area contributed by atoms with E-state index in [1.807, 2.05) is 12.1 Å². The lowest BCUT2D eigenvalue weighted by Gasteiger charge is -2.34. The molecule has 1 amide bonds. The number of alkyl halides is 2. The molecule has 1 fully saturated rings. The Labute approximate surface area is 183 Å². The van der Waals surface area contributed by atoms with Gasteiger partial charge in [-0.2, -0.15) is 8.78 Å². The zero-order valence-corrected chi connectivity index (χ0v) is 18.0. The number of rotatable bonds is 10. The standard InChI is InChI=1S/C24H31F2N3O2/c1-2-28-13-15-29(16-14-28)18-21-6-4-3-5-20(21)17-27-23(30)12-9-19-7-10-22(11-8-19)31-24(25)26/h3-8,10-11,24H,2,9,12-18H2,1H3,(H,27,30). The molecule has 0 radical (unpaired) electrons. The van der Waals surface area contributed by atoms with E-state index in [2.05, 4.69) is 38.9 Å². The van der Waals surface area contributed by atoms with Crippen LogP contribution < -0.4 is 10.1 Å². The Morgan fingerprint density at radius 1 is 1.00 bits per heavy atom. The molecule has 1 aliphatic heterocycles. The molecular weight excluding hydrogens is 400 g/mol. The number of ether oxygens (including phenoxy) is 1. The van der Waals surface area contributed by atoms with Gasteiger partial charge in [-0.15, -0.1) is 0 Å². The van der Waals surface area contributed by atoms with Gasteiger partial charge in [-0.3, -0.25) is 9.69 Å². The summed E-state index contributed by atoms with van der Waals surface area (Å²) in [5, 5.41) is 3.01. The summed E-state index contributed by atoms with van der Waals surface area (Å²) < 4.78 is 28.8. The Bertz CT molecular complexity index is 822. The van der Waals surface area contributed by atoms with Gasteiger partial charge in [-0.25, -0.2) is 0 Å². The van der Waals surface area contributed by atoms with Crippen molar-refractivity contribution in [2.45, 2.75) is 39.5 Å². The second-order valence-electron chi connectivity index (χ2n) is 7.78. The first-order valence-electron chi connectivity index (χ1n) is 10.9. The van der Waals surface area contributed by atoms with Crippen LogP contribution in [0.15, 0.2) is 48.5 Å². The third kappa shape index (κ3) is 7.60. The zero-order chi connectivity index (χ0) is 22.1. The number of carbonyl (C=O) groups excluding carboxylic acids is 1. The summed E-state index contributed by atoms with van der Waals surface area (Å²) in [6.07, 6.45) is 0.889. The van der Waals surface area contributed by atoms with Crippen molar-refractivity contribution in [2.75, 3.05) is 32.7 Å². The molecule has 1 N–H and O–H groups in total. The smallest absolute Gasteiger partial charge is 0.387 e. The molecule has 31 heavy (non-hydrogen) atoms. The molecule has 0 aliphatic carbocycles. The summed E-state index contributed by atoms with van der Waals surface area (Å²) in [6, 6.07) is 14.7. The Kier molecular flexibility index (Phi) is 8.79. The second kappa shape index (κ2) is 11.8. The predicted molar refractivity (Wildman–Crippen MR) is 117 cm³/mol. The van der Waals surface area contributed by atoms with Gasteiger partial charge in [0.1, 0.15) is 5.75 Å². The lowest BCUT2D eigenvalue weighted by molar-refractivity contribution is -0.121. The molecular formula is C24H31F2N3O2. The SMILES string of the molecule is CCN1CCN(Cc2ccccc2CNC(=O)CCc2ccc(OC(F)F)cc2)CC1. The molecule has 0 unspecified atom stereocenters. The van der Waals surface area contributed by atoms with Crippen LogP contribution in [0.4, 0.5) is 8.78 Å². The summed E-state index contributed by atoms with van der Waals surface area (Å²) in [7, 11) is 0. The van der Waals surface area contributed by atoms with E-state index >= 15 is 0 Å². The highest BCUT2D eigenvalue weighted by Gasteiger charge is 2.16. The predicted octanol–water partition coefficient (Wildman–Crippen LogP) is 3.67. The molecule has 0 aromatic heterocycles. The molecule has 0 bridgehead atoms. The molecule has 5 nitrogen and oxygen atoms in total. The topological polar surface area (TPSA) is 44.8 Å². The number of aryl methyl sites for hydroxylation is 1. The van der Waals surface area contributed by atoms with E-state index in [-0.39, 0.29) is 11.7 Å². The fraction of sp³-hybridized carbons (Fsp3) is 0.458. The Balaban J connectivity index is 1.45. The number of halogens is 2. The number of likely N-dealkylation sites (N-methyl/N-ethyl adjacent to an activating group) is 1. The molecule has 0 spiro atoms. The number of nitrogens with one attached hydrogen (secondary N) is 1. The van der Waals surface area contributed by atoms with Gasteiger partial charge < -0.3 is 15.0 Å². The molecule has 1 aliphatic rings. The van der Waals surface area contributed by atoms with Crippen molar-refractivity contribution in [3.63, 3.8) is 0 Å². The first-order valence-corrected chi connectivity index (χ1v) is 10.9. The van der Waals surface area contributed by atoms with Crippen molar-refractivity contribution in [3.05, 3.63) is 65.2 Å². The minimum absolute atomic E-state index is 0.0285. The molecule has 0 saturated carbocycles. The van der Waals surface area contributed by atoms with Crippen LogP contribution >= 0.6 is 0 Å². The maximum atomic E-state index is 12.3. The quantitative estimate of drug-likeness (QED) is 0.624. The van der Waals surface area contributed by atoms with Gasteiger partial charge in [0.15, 0.2) is 0 Å². The maximum Gasteiger partial charge on any atom is 0.387 e. The molecule has 0 atom stereocenters. The Morgan fingerprint density at radius 3 is 2.29 bits per heavy atom. The minimum atomic E-state index is -2.83. The number of piperazine rings is 1. The second-order valence-corrected chi connectivity index (χ2v) is 7.78. The van der Waals surface area contributed by atoms with Gasteiger partial charge in [0.05, 0.1) is 0 Å². The number of amides is 1. The maximum absolute atomic E-state index is 12.3. The van der Waals surface area contributed by atoms with Crippen molar-refractivity contribution in [3.8, 4) is 5.75 Å². The molecule has 2 aromatic rings. The summed E-state index contributed by atoms with van der Waals surface area (Å²) in [5.74, 6) is 0.0928. The van der Waals surface area contributed by atoms with Crippen LogP contribution in [0.1, 0.15) is 30.0 Å². The van der Waals surface area contributed by atoms with Crippen molar-refractivity contribution in [1.82, 2.24) is 15.1 Å². The van der Waals surface area contributed by atoms with Crippen LogP contribution in [0, 0.1) is 0 Å². The summed E-state index contributed by atoms with van der Waals surface area (Å²) in [6.45, 7) is 6.21. The van der Waals surface area contributed by atoms with Crippen molar-refractivity contribution in [2.24, 2.45) is 0 Å². The third-order valence-corrected chi connectivity index (χ3v) is 5.69. The molecule has 168 valence electrons. The van der Waals surface area contributed by atoms with E-state index in [0.29, 0.717) is 19.4 Å². The van der Waals surface area contributed by atoms with Gasteiger partial charge in [0, 0.05) is 45.7 Å². The van der Waals surface area contributed by atoms with Gasteiger partial charge in [0.25, 0.3) is 0 Å². The summed E-state index contributed by atoms with van der Waals surface area (Å²) in [5.41, 5.74) is 3.30. The highest BCUT2D eigenvalue weighted by atomic mass is 19.3. The lowest BCUT2D eigenvalue weighted by atomic mass is 10.1. The average molecular weight is 432 g/mol. The lowest BCUT2D eigenvalue weighted by Crippen LogP contribution is -2.45. The molecule has 3 rings (SSSR count). The molecule has 7 heteroatoms. The molecule has 2 aromatic carbocycles. The van der Waals surface area contributed by atoms with Gasteiger partial charge in [0.2, 0.25) is 5.91 Å². The van der Waals surface area contributed by atoms with Gasteiger partial charge in [-0.05, 0) is 41.8 Å². The number of hydrogen-bond acceptors (Lipinski definition) is 4. The monoisotopic (exact) mass is 431 g/mol. The third-order valence-electron chi connectivity index (χ3n) is 5.69. The molecule has 1 saturated heterocycles. The first-order chi connectivity index (χ1) is 15.0. The van der Waals surface area contributed by atoms with Crippen LogP contribution in [0.25, 0.3) is 0 Å². The largest absolute Gasteiger partial charge is 0.435 e. The van der Waals surface area contributed by atoms with E-state index in [0.717, 1.165) is 50.4 Å². The number of benzene rings is 2. The molecule has 1 heterocycles. The number of nitrogens with zero attached hydrogens (tertiary/aromatic N) is 2. The fourth-order valence-electron chi connectivity index (χ4n) is 3.77. The van der Waals surface area contributed by atoms with E-state index in [9.17, 15) is 13.6 Å². The summed E-state index contributed by atoms with van der Waals surface area (Å²) in [4.78, 5) is 17.2. The van der Waals surface area contributed by atoms with Crippen LogP contribution in [0.3, 0.4) is 0 Å². The number of carbonyl (C=O) groups is 1. The van der Waals surface area contributed by atoms with Gasteiger partial charge >= 0.3 is 6.61 Å². The van der Waals surface area contributed by atoms with E-state index in [4.69, 9.17) is 0 Å². The van der Waals surface area contributed by atoms with Crippen molar-refractivity contribution >= 4 is 5.91 Å². The average Bonchev–Trinajstić information content (AvgIpc) is 2.78. The summed E-state index contributed by atoms with van der Waals surface area (Å²) >= 11 is 0. The van der Waals surface area contributed by atoms with Crippen LogP contribution in [-0.2, 0) is 24.3 Å². The van der Waals surface area contributed by atoms with Crippen LogP contribution in [0.5, 0.6) is 5.75 Å². The first kappa shape index (κ1) is 23.2. The van der Waals surface area contributed by atoms with Crippen LogP contribution in [0.2, 0.25) is 0 Å². The Morgan fingerprint density at radius 2 is 1.65 bits per heavy atom. The van der Waals surface area contributed by atoms with Gasteiger partial charge in [-0.1, -0.05) is 43.3 Å². The van der Waals surface area contributed by atoms with Crippen LogP contribution in [-0.4, -0.2) is 55.0 Å². The minimum Gasteiger partial charge on any atom is -0.435 e.